The van der Waals surface area contributed by atoms with Crippen molar-refractivity contribution in [3.63, 3.8) is 0 Å². The van der Waals surface area contributed by atoms with E-state index in [0.717, 1.165) is 24.0 Å². The molecular formula is C15H15ClN4O2. The van der Waals surface area contributed by atoms with Crippen molar-refractivity contribution in [3.05, 3.63) is 46.7 Å². The third-order valence-electron chi connectivity index (χ3n) is 3.56. The number of fused-ring (bicyclic) bond motifs is 1. The largest absolute Gasteiger partial charge is 0.465 e. The summed E-state index contributed by atoms with van der Waals surface area (Å²) in [6, 6.07) is 9.90. The topological polar surface area (TPSA) is 78.4 Å². The smallest absolute Gasteiger partial charge is 0.413 e. The summed E-state index contributed by atoms with van der Waals surface area (Å²) in [5, 5.41) is 12.6. The van der Waals surface area contributed by atoms with E-state index in [9.17, 15) is 9.90 Å². The molecule has 0 fully saturated rings. The predicted molar refractivity (Wildman–Crippen MR) is 84.5 cm³/mol. The molecule has 2 aromatic rings. The Labute approximate surface area is 132 Å². The van der Waals surface area contributed by atoms with Crippen LogP contribution in [0, 0.1) is 0 Å². The monoisotopic (exact) mass is 318 g/mol. The van der Waals surface area contributed by atoms with E-state index in [2.05, 4.69) is 15.3 Å². The third-order valence-corrected chi connectivity index (χ3v) is 3.72. The molecule has 0 atom stereocenters. The Bertz CT molecular complexity index is 693. The molecule has 3 rings (SSSR count). The second kappa shape index (κ2) is 6.19. The van der Waals surface area contributed by atoms with E-state index in [0.29, 0.717) is 24.7 Å². The summed E-state index contributed by atoms with van der Waals surface area (Å²) in [7, 11) is 0. The summed E-state index contributed by atoms with van der Waals surface area (Å²) in [5.41, 5.74) is 1.91. The summed E-state index contributed by atoms with van der Waals surface area (Å²) in [6.07, 6.45) is 0.447. The van der Waals surface area contributed by atoms with Crippen molar-refractivity contribution in [1.82, 2.24) is 9.97 Å². The molecule has 1 aromatic heterocycles. The zero-order chi connectivity index (χ0) is 15.5. The van der Waals surface area contributed by atoms with Crippen LogP contribution in [0.5, 0.6) is 0 Å². The molecule has 1 aliphatic rings. The number of carbonyl (C=O) groups is 1. The number of rotatable bonds is 3. The zero-order valence-electron chi connectivity index (χ0n) is 11.8. The number of anilines is 2. The second-order valence-corrected chi connectivity index (χ2v) is 5.36. The van der Waals surface area contributed by atoms with Crippen molar-refractivity contribution in [3.8, 4) is 0 Å². The van der Waals surface area contributed by atoms with Crippen LogP contribution in [0.4, 0.5) is 16.4 Å². The van der Waals surface area contributed by atoms with Crippen LogP contribution in [-0.2, 0) is 13.0 Å². The first-order chi connectivity index (χ1) is 10.6. The van der Waals surface area contributed by atoms with Gasteiger partial charge in [-0.05, 0) is 30.0 Å². The third kappa shape index (κ3) is 2.96. The van der Waals surface area contributed by atoms with Gasteiger partial charge in [-0.25, -0.2) is 9.78 Å². The normalized spacial score (nSPS) is 13.6. The predicted octanol–water partition coefficient (Wildman–Crippen LogP) is 3.17. The number of carboxylic acid groups (broad SMARTS) is 1. The van der Waals surface area contributed by atoms with Crippen LogP contribution in [0.2, 0.25) is 5.28 Å². The molecule has 114 valence electrons. The van der Waals surface area contributed by atoms with Crippen LogP contribution in [-0.4, -0.2) is 27.7 Å². The van der Waals surface area contributed by atoms with Crippen molar-refractivity contribution in [2.24, 2.45) is 0 Å². The first kappa shape index (κ1) is 14.6. The lowest BCUT2D eigenvalue weighted by Gasteiger charge is -2.27. The van der Waals surface area contributed by atoms with Crippen LogP contribution >= 0.6 is 11.6 Å². The number of amides is 1. The number of benzene rings is 1. The Morgan fingerprint density at radius 3 is 2.82 bits per heavy atom. The minimum atomic E-state index is -1.02. The molecule has 22 heavy (non-hydrogen) atoms. The first-order valence-corrected chi connectivity index (χ1v) is 7.37. The van der Waals surface area contributed by atoms with E-state index >= 15 is 0 Å². The van der Waals surface area contributed by atoms with Crippen LogP contribution in [0.3, 0.4) is 0 Å². The summed E-state index contributed by atoms with van der Waals surface area (Å²) in [6.45, 7) is 1.02. The number of aromatic nitrogens is 2. The Hall–Kier alpha value is -2.34. The molecule has 0 saturated heterocycles. The maximum absolute atomic E-state index is 11.3. The summed E-state index contributed by atoms with van der Waals surface area (Å²) in [4.78, 5) is 20.9. The van der Waals surface area contributed by atoms with Gasteiger partial charge in [0.25, 0.3) is 0 Å². The molecule has 0 bridgehead atoms. The van der Waals surface area contributed by atoms with E-state index in [1.165, 1.54) is 4.90 Å². The fraction of sp³-hybridized carbons (Fsp3) is 0.267. The number of hydrogen-bond donors (Lipinski definition) is 2. The molecule has 1 aliphatic heterocycles. The highest BCUT2D eigenvalue weighted by Crippen LogP contribution is 2.31. The fourth-order valence-electron chi connectivity index (χ4n) is 2.53. The van der Waals surface area contributed by atoms with Crippen LogP contribution < -0.4 is 10.2 Å². The lowest BCUT2D eigenvalue weighted by atomic mass is 10.1. The van der Waals surface area contributed by atoms with Gasteiger partial charge in [-0.1, -0.05) is 30.3 Å². The van der Waals surface area contributed by atoms with Crippen molar-refractivity contribution < 1.29 is 9.90 Å². The van der Waals surface area contributed by atoms with E-state index in [1.54, 1.807) is 0 Å². The van der Waals surface area contributed by atoms with Gasteiger partial charge < -0.3 is 10.4 Å². The Morgan fingerprint density at radius 2 is 2.09 bits per heavy atom. The van der Waals surface area contributed by atoms with Gasteiger partial charge in [0.05, 0.1) is 0 Å². The molecule has 0 radical (unpaired) electrons. The van der Waals surface area contributed by atoms with Gasteiger partial charge >= 0.3 is 6.09 Å². The Kier molecular flexibility index (Phi) is 4.11. The standard InChI is InChI=1S/C15H15ClN4O2/c16-14-18-12(17-9-10-5-2-1-3-6-10)11-7-4-8-20(15(21)22)13(11)19-14/h1-3,5-6H,4,7-9H2,(H,21,22)(H,17,18,19). The average molecular weight is 319 g/mol. The first-order valence-electron chi connectivity index (χ1n) is 7.00. The summed E-state index contributed by atoms with van der Waals surface area (Å²) in [5.74, 6) is 0.985. The van der Waals surface area contributed by atoms with Crippen LogP contribution in [0.1, 0.15) is 17.5 Å². The minimum Gasteiger partial charge on any atom is -0.465 e. The molecule has 0 aliphatic carbocycles. The van der Waals surface area contributed by atoms with Crippen LogP contribution in [0.25, 0.3) is 0 Å². The highest BCUT2D eigenvalue weighted by atomic mass is 35.5. The molecule has 0 spiro atoms. The summed E-state index contributed by atoms with van der Waals surface area (Å²) < 4.78 is 0. The molecule has 2 heterocycles. The number of nitrogens with zero attached hydrogens (tertiary/aromatic N) is 3. The van der Waals surface area contributed by atoms with Crippen molar-refractivity contribution >= 4 is 29.3 Å². The Morgan fingerprint density at radius 1 is 1.32 bits per heavy atom. The van der Waals surface area contributed by atoms with Gasteiger partial charge in [0.2, 0.25) is 5.28 Å². The Balaban J connectivity index is 1.90. The van der Waals surface area contributed by atoms with Gasteiger partial charge in [0.15, 0.2) is 0 Å². The molecule has 1 amide bonds. The number of halogens is 1. The lowest BCUT2D eigenvalue weighted by Crippen LogP contribution is -2.35. The molecule has 6 nitrogen and oxygen atoms in total. The van der Waals surface area contributed by atoms with Gasteiger partial charge in [-0.2, -0.15) is 4.98 Å². The van der Waals surface area contributed by atoms with E-state index in [1.807, 2.05) is 30.3 Å². The van der Waals surface area contributed by atoms with E-state index in [4.69, 9.17) is 11.6 Å². The maximum Gasteiger partial charge on any atom is 0.413 e. The van der Waals surface area contributed by atoms with Crippen molar-refractivity contribution in [2.75, 3.05) is 16.8 Å². The van der Waals surface area contributed by atoms with E-state index in [-0.39, 0.29) is 5.28 Å². The van der Waals surface area contributed by atoms with E-state index < -0.39 is 6.09 Å². The maximum atomic E-state index is 11.3. The molecule has 0 saturated carbocycles. The zero-order valence-corrected chi connectivity index (χ0v) is 12.5. The number of nitrogens with one attached hydrogen (secondary N) is 1. The fourth-order valence-corrected chi connectivity index (χ4v) is 2.70. The summed E-state index contributed by atoms with van der Waals surface area (Å²) >= 11 is 5.95. The quantitative estimate of drug-likeness (QED) is 0.850. The molecule has 1 aromatic carbocycles. The van der Waals surface area contributed by atoms with Crippen LogP contribution in [0.15, 0.2) is 30.3 Å². The molecule has 7 heteroatoms. The molecule has 2 N–H and O–H groups in total. The second-order valence-electron chi connectivity index (χ2n) is 5.02. The minimum absolute atomic E-state index is 0.0439. The molecular weight excluding hydrogens is 304 g/mol. The lowest BCUT2D eigenvalue weighted by molar-refractivity contribution is 0.201. The highest BCUT2D eigenvalue weighted by molar-refractivity contribution is 6.28. The number of hydrogen-bond acceptors (Lipinski definition) is 4. The van der Waals surface area contributed by atoms with Gasteiger partial charge in [-0.15, -0.1) is 0 Å². The van der Waals surface area contributed by atoms with Gasteiger partial charge in [-0.3, -0.25) is 4.90 Å². The SMILES string of the molecule is O=C(O)N1CCCc2c(NCc3ccccc3)nc(Cl)nc21. The highest BCUT2D eigenvalue weighted by Gasteiger charge is 2.27. The molecule has 0 unspecified atom stereocenters. The van der Waals surface area contributed by atoms with Gasteiger partial charge in [0, 0.05) is 18.7 Å². The van der Waals surface area contributed by atoms with Crippen molar-refractivity contribution in [2.45, 2.75) is 19.4 Å². The van der Waals surface area contributed by atoms with Gasteiger partial charge in [0.1, 0.15) is 11.6 Å². The average Bonchev–Trinajstić information content (AvgIpc) is 2.52. The van der Waals surface area contributed by atoms with Crippen molar-refractivity contribution in [1.29, 1.82) is 0 Å².